The smallest absolute Gasteiger partial charge is 0.237 e. The lowest BCUT2D eigenvalue weighted by Gasteiger charge is -2.24. The van der Waals surface area contributed by atoms with Crippen LogP contribution in [0.5, 0.6) is 17.2 Å². The third-order valence-electron chi connectivity index (χ3n) is 5.62. The van der Waals surface area contributed by atoms with Gasteiger partial charge in [0.25, 0.3) is 0 Å². The molecule has 1 amide bonds. The first kappa shape index (κ1) is 19.5. The molecular formula is C22H25N3O4S. The predicted octanol–water partition coefficient (Wildman–Crippen LogP) is 2.83. The highest BCUT2D eigenvalue weighted by molar-refractivity contribution is 7.99. The topological polar surface area (TPSA) is 72.9 Å². The normalized spacial score (nSPS) is 22.8. The van der Waals surface area contributed by atoms with Gasteiger partial charge in [0.2, 0.25) is 18.4 Å². The fourth-order valence-corrected chi connectivity index (χ4v) is 5.18. The average Bonchev–Trinajstić information content (AvgIpc) is 3.28. The monoisotopic (exact) mass is 427 g/mol. The highest BCUT2D eigenvalue weighted by atomic mass is 32.2. The minimum atomic E-state index is -0.150. The van der Waals surface area contributed by atoms with Crippen LogP contribution >= 0.6 is 11.8 Å². The number of nitrogens with zero attached hydrogens (tertiary/aromatic N) is 2. The lowest BCUT2D eigenvalue weighted by atomic mass is 10.1. The first-order valence-corrected chi connectivity index (χ1v) is 11.2. The number of amides is 1. The summed E-state index contributed by atoms with van der Waals surface area (Å²) >= 11 is 1.75. The molecule has 158 valence electrons. The Morgan fingerprint density at radius 2 is 2.23 bits per heavy atom. The second kappa shape index (κ2) is 8.35. The summed E-state index contributed by atoms with van der Waals surface area (Å²) in [6, 6.07) is 10.1. The van der Waals surface area contributed by atoms with Gasteiger partial charge in [-0.25, -0.2) is 4.98 Å². The van der Waals surface area contributed by atoms with Crippen LogP contribution in [0.4, 0.5) is 0 Å². The Hall–Kier alpha value is -2.45. The van der Waals surface area contributed by atoms with Gasteiger partial charge < -0.3 is 19.5 Å². The number of likely N-dealkylation sites (tertiary alicyclic amines) is 1. The molecule has 1 aromatic carbocycles. The van der Waals surface area contributed by atoms with Gasteiger partial charge in [-0.15, -0.1) is 11.8 Å². The van der Waals surface area contributed by atoms with Crippen molar-refractivity contribution in [3.8, 4) is 17.2 Å². The summed E-state index contributed by atoms with van der Waals surface area (Å²) in [5.41, 5.74) is 1.05. The van der Waals surface area contributed by atoms with Gasteiger partial charge in [-0.05, 0) is 49.1 Å². The molecule has 0 unspecified atom stereocenters. The molecule has 0 spiro atoms. The van der Waals surface area contributed by atoms with E-state index in [1.807, 2.05) is 36.5 Å². The molecule has 2 atom stereocenters. The molecule has 0 bridgehead atoms. The van der Waals surface area contributed by atoms with Gasteiger partial charge in [0.1, 0.15) is 0 Å². The Morgan fingerprint density at radius 3 is 3.00 bits per heavy atom. The van der Waals surface area contributed by atoms with E-state index in [2.05, 4.69) is 15.2 Å². The Balaban J connectivity index is 1.34. The minimum absolute atomic E-state index is 0.134. The van der Waals surface area contributed by atoms with Crippen molar-refractivity contribution in [3.63, 3.8) is 0 Å². The van der Waals surface area contributed by atoms with Gasteiger partial charge in [-0.3, -0.25) is 9.69 Å². The Morgan fingerprint density at radius 1 is 1.33 bits per heavy atom. The van der Waals surface area contributed by atoms with Crippen LogP contribution in [-0.2, 0) is 11.3 Å². The molecule has 1 N–H and O–H groups in total. The van der Waals surface area contributed by atoms with E-state index in [0.717, 1.165) is 36.4 Å². The Labute approximate surface area is 180 Å². The van der Waals surface area contributed by atoms with Crippen molar-refractivity contribution in [3.05, 3.63) is 42.1 Å². The maximum absolute atomic E-state index is 13.0. The molecule has 5 rings (SSSR count). The first-order valence-electron chi connectivity index (χ1n) is 10.3. The number of hydrogen-bond donors (Lipinski definition) is 1. The number of pyridine rings is 1. The van der Waals surface area contributed by atoms with Gasteiger partial charge in [-0.2, -0.15) is 0 Å². The lowest BCUT2D eigenvalue weighted by Crippen LogP contribution is -2.43. The number of benzene rings is 1. The van der Waals surface area contributed by atoms with E-state index in [9.17, 15) is 4.79 Å². The number of nitrogens with one attached hydrogen (secondary N) is 1. The zero-order valence-corrected chi connectivity index (χ0v) is 17.7. The maximum Gasteiger partial charge on any atom is 0.237 e. The number of aromatic nitrogens is 1. The SMILES string of the molecule is COc1cc(CN2C[C@H](Sc3ccccn3)C[C@H]2C(=O)NC2CC2)cc2c1OCO2. The van der Waals surface area contributed by atoms with Gasteiger partial charge >= 0.3 is 0 Å². The maximum atomic E-state index is 13.0. The van der Waals surface area contributed by atoms with Crippen LogP contribution in [0.15, 0.2) is 41.6 Å². The van der Waals surface area contributed by atoms with Gasteiger partial charge in [0.15, 0.2) is 11.5 Å². The van der Waals surface area contributed by atoms with Crippen LogP contribution in [0.25, 0.3) is 0 Å². The van der Waals surface area contributed by atoms with Crippen molar-refractivity contribution in [2.75, 3.05) is 20.4 Å². The number of carbonyl (C=O) groups is 1. The average molecular weight is 428 g/mol. The highest BCUT2D eigenvalue weighted by Crippen LogP contribution is 2.42. The summed E-state index contributed by atoms with van der Waals surface area (Å²) < 4.78 is 16.6. The first-order chi connectivity index (χ1) is 14.7. The van der Waals surface area contributed by atoms with Gasteiger partial charge in [0, 0.05) is 30.6 Å². The fourth-order valence-electron chi connectivity index (χ4n) is 4.02. The quantitative estimate of drug-likeness (QED) is 0.728. The number of ether oxygens (including phenoxy) is 3. The number of thioether (sulfide) groups is 1. The third-order valence-corrected chi connectivity index (χ3v) is 6.78. The Bertz CT molecular complexity index is 922. The van der Waals surface area contributed by atoms with Crippen LogP contribution in [0.2, 0.25) is 0 Å². The van der Waals surface area contributed by atoms with Crippen molar-refractivity contribution in [2.24, 2.45) is 0 Å². The Kier molecular flexibility index (Phi) is 5.43. The molecule has 3 aliphatic rings. The summed E-state index contributed by atoms with van der Waals surface area (Å²) in [6.07, 6.45) is 4.79. The number of carbonyl (C=O) groups excluding carboxylic acids is 1. The molecule has 3 heterocycles. The van der Waals surface area contributed by atoms with Crippen molar-refractivity contribution in [1.82, 2.24) is 15.2 Å². The van der Waals surface area contributed by atoms with Gasteiger partial charge in [0.05, 0.1) is 18.2 Å². The molecule has 7 nitrogen and oxygen atoms in total. The van der Waals surface area contributed by atoms with Crippen molar-refractivity contribution in [1.29, 1.82) is 0 Å². The molecule has 30 heavy (non-hydrogen) atoms. The molecule has 1 saturated heterocycles. The highest BCUT2D eigenvalue weighted by Gasteiger charge is 2.39. The second-order valence-electron chi connectivity index (χ2n) is 7.90. The summed E-state index contributed by atoms with van der Waals surface area (Å²) in [7, 11) is 1.63. The molecule has 1 saturated carbocycles. The minimum Gasteiger partial charge on any atom is -0.493 e. The van der Waals surface area contributed by atoms with Gasteiger partial charge in [-0.1, -0.05) is 6.07 Å². The molecule has 1 aromatic heterocycles. The zero-order chi connectivity index (χ0) is 20.5. The number of methoxy groups -OCH3 is 1. The number of hydrogen-bond acceptors (Lipinski definition) is 7. The van der Waals surface area contributed by atoms with E-state index in [4.69, 9.17) is 14.2 Å². The molecular weight excluding hydrogens is 402 g/mol. The molecule has 2 aliphatic heterocycles. The van der Waals surface area contributed by atoms with E-state index in [1.165, 1.54) is 0 Å². The van der Waals surface area contributed by atoms with Crippen LogP contribution in [0.3, 0.4) is 0 Å². The molecule has 2 fully saturated rings. The van der Waals surface area contributed by atoms with Crippen LogP contribution in [0.1, 0.15) is 24.8 Å². The van der Waals surface area contributed by atoms with E-state index in [-0.39, 0.29) is 18.7 Å². The molecule has 2 aromatic rings. The second-order valence-corrected chi connectivity index (χ2v) is 9.22. The van der Waals surface area contributed by atoms with E-state index in [0.29, 0.717) is 35.1 Å². The van der Waals surface area contributed by atoms with Crippen molar-refractivity contribution >= 4 is 17.7 Å². The standard InChI is InChI=1S/C22H25N3O4S/c1-27-18-8-14(9-19-21(18)29-13-28-19)11-25-12-16(30-20-4-2-3-7-23-20)10-17(25)22(26)24-15-5-6-15/h2-4,7-9,15-17H,5-6,10-13H2,1H3,(H,24,26)/t16-,17+/m1/s1. The van der Waals surface area contributed by atoms with Crippen LogP contribution in [0, 0.1) is 0 Å². The van der Waals surface area contributed by atoms with Crippen molar-refractivity contribution < 1.29 is 19.0 Å². The van der Waals surface area contributed by atoms with E-state index in [1.54, 1.807) is 18.9 Å². The van der Waals surface area contributed by atoms with Crippen LogP contribution in [-0.4, -0.2) is 53.6 Å². The van der Waals surface area contributed by atoms with Crippen molar-refractivity contribution in [2.45, 2.75) is 48.2 Å². The molecule has 1 aliphatic carbocycles. The number of rotatable bonds is 7. The van der Waals surface area contributed by atoms with Crippen LogP contribution < -0.4 is 19.5 Å². The summed E-state index contributed by atoms with van der Waals surface area (Å²) in [5, 5.41) is 4.49. The van der Waals surface area contributed by atoms with E-state index < -0.39 is 0 Å². The largest absolute Gasteiger partial charge is 0.493 e. The zero-order valence-electron chi connectivity index (χ0n) is 16.9. The number of fused-ring (bicyclic) bond motifs is 1. The van der Waals surface area contributed by atoms with E-state index >= 15 is 0 Å². The summed E-state index contributed by atoms with van der Waals surface area (Å²) in [4.78, 5) is 19.7. The third kappa shape index (κ3) is 4.20. The fraction of sp³-hybridized carbons (Fsp3) is 0.455. The lowest BCUT2D eigenvalue weighted by molar-refractivity contribution is -0.125. The summed E-state index contributed by atoms with van der Waals surface area (Å²) in [6.45, 7) is 1.67. The summed E-state index contributed by atoms with van der Waals surface area (Å²) in [5.74, 6) is 2.14. The molecule has 8 heteroatoms. The predicted molar refractivity (Wildman–Crippen MR) is 113 cm³/mol. The molecule has 0 radical (unpaired) electrons.